The minimum absolute atomic E-state index is 0.0130. The molecule has 156 valence electrons. The smallest absolute Gasteiger partial charge is 0.343 e. The first-order chi connectivity index (χ1) is 13.8. The van der Waals surface area contributed by atoms with Gasteiger partial charge in [0.15, 0.2) is 11.5 Å². The average molecular weight is 397 g/mol. The van der Waals surface area contributed by atoms with E-state index in [0.717, 1.165) is 37.9 Å². The molecule has 0 spiro atoms. The lowest BCUT2D eigenvalue weighted by atomic mass is 9.75. The van der Waals surface area contributed by atoms with E-state index in [1.165, 1.54) is 17.6 Å². The third kappa shape index (κ3) is 4.92. The maximum absolute atomic E-state index is 11.5. The fraction of sp³-hybridized carbons (Fsp3) is 0.480. The highest BCUT2D eigenvalue weighted by atomic mass is 16.6. The minimum atomic E-state index is -0.458. The molecule has 0 saturated heterocycles. The van der Waals surface area contributed by atoms with E-state index in [4.69, 9.17) is 9.15 Å². The van der Waals surface area contributed by atoms with Crippen molar-refractivity contribution < 1.29 is 19.1 Å². The van der Waals surface area contributed by atoms with Crippen LogP contribution in [0.3, 0.4) is 0 Å². The number of furan rings is 1. The Kier molecular flexibility index (Phi) is 6.51. The molecule has 4 heteroatoms. The van der Waals surface area contributed by atoms with Gasteiger partial charge in [0, 0.05) is 5.41 Å². The van der Waals surface area contributed by atoms with Gasteiger partial charge in [0.2, 0.25) is 0 Å². The number of allylic oxidation sites excluding steroid dienone is 5. The Morgan fingerprint density at radius 2 is 2.21 bits per heavy atom. The Bertz CT molecular complexity index is 880. The summed E-state index contributed by atoms with van der Waals surface area (Å²) >= 11 is 0. The molecule has 0 fully saturated rings. The first-order valence-corrected chi connectivity index (χ1v) is 10.6. The zero-order valence-corrected chi connectivity index (χ0v) is 18.0. The molecular weight excluding hydrogens is 364 g/mol. The summed E-state index contributed by atoms with van der Waals surface area (Å²) in [5.74, 6) is 1.16. The number of hydrogen-bond acceptors (Lipinski definition) is 4. The summed E-state index contributed by atoms with van der Waals surface area (Å²) < 4.78 is 10.9. The van der Waals surface area contributed by atoms with Crippen molar-refractivity contribution in [2.75, 3.05) is 0 Å². The molecule has 0 amide bonds. The third-order valence-electron chi connectivity index (χ3n) is 6.02. The van der Waals surface area contributed by atoms with Crippen molar-refractivity contribution in [2.45, 2.75) is 71.6 Å². The van der Waals surface area contributed by atoms with Gasteiger partial charge in [-0.2, -0.15) is 0 Å². The number of rotatable bonds is 7. The van der Waals surface area contributed by atoms with Crippen LogP contribution in [0.2, 0.25) is 0 Å². The maximum Gasteiger partial charge on any atom is 0.343 e. The highest BCUT2D eigenvalue weighted by molar-refractivity contribution is 5.93. The molecule has 3 rings (SSSR count). The Morgan fingerprint density at radius 1 is 1.41 bits per heavy atom. The molecule has 1 aliphatic heterocycles. The first-order valence-electron chi connectivity index (χ1n) is 10.6. The summed E-state index contributed by atoms with van der Waals surface area (Å²) in [6, 6.07) is 2.10. The van der Waals surface area contributed by atoms with Crippen LogP contribution >= 0.6 is 0 Å². The minimum Gasteiger partial charge on any atom is -0.504 e. The van der Waals surface area contributed by atoms with Gasteiger partial charge in [-0.25, -0.2) is 4.79 Å². The summed E-state index contributed by atoms with van der Waals surface area (Å²) in [6.07, 6.45) is 16.7. The van der Waals surface area contributed by atoms with E-state index in [2.05, 4.69) is 45.1 Å². The van der Waals surface area contributed by atoms with Gasteiger partial charge in [0.25, 0.3) is 0 Å². The molecule has 2 aliphatic rings. The SMILES string of the molecule is CC(=CC=C[C@]1(C)CCCc2ccoc21)CCC[C@H](C)/C=C1\OC(=O)C(C)=C1O. The van der Waals surface area contributed by atoms with Crippen LogP contribution in [0.25, 0.3) is 0 Å². The number of carbonyl (C=O) groups excluding carboxylic acids is 1. The van der Waals surface area contributed by atoms with Crippen LogP contribution in [-0.2, 0) is 21.4 Å². The van der Waals surface area contributed by atoms with E-state index in [1.807, 2.05) is 12.3 Å². The van der Waals surface area contributed by atoms with Crippen molar-refractivity contribution in [3.63, 3.8) is 0 Å². The van der Waals surface area contributed by atoms with E-state index < -0.39 is 5.97 Å². The number of ether oxygens (including phenoxy) is 1. The standard InChI is InChI=1S/C25H32O4/c1-17(8-5-9-18(2)16-21-22(26)19(3)24(27)29-21)10-6-13-25(4)14-7-11-20-12-15-28-23(20)25/h6,10,12-13,15-16,18,26H,5,7-9,11,14H2,1-4H3/b13-6?,17-10?,21-16-/t18-,25+/m0/s1. The number of esters is 1. The summed E-state index contributed by atoms with van der Waals surface area (Å²) in [7, 11) is 0. The Labute approximate surface area is 173 Å². The lowest BCUT2D eigenvalue weighted by Crippen LogP contribution is -2.23. The second kappa shape index (κ2) is 8.89. The number of aliphatic hydroxyl groups excluding tert-OH is 1. The van der Waals surface area contributed by atoms with Gasteiger partial charge >= 0.3 is 5.97 Å². The van der Waals surface area contributed by atoms with Gasteiger partial charge in [-0.3, -0.25) is 0 Å². The molecule has 4 nitrogen and oxygen atoms in total. The van der Waals surface area contributed by atoms with E-state index in [9.17, 15) is 9.90 Å². The van der Waals surface area contributed by atoms with E-state index in [-0.39, 0.29) is 22.7 Å². The fourth-order valence-corrected chi connectivity index (χ4v) is 4.12. The normalized spacial score (nSPS) is 25.0. The van der Waals surface area contributed by atoms with Gasteiger partial charge < -0.3 is 14.3 Å². The second-order valence-electron chi connectivity index (χ2n) is 8.68. The zero-order valence-electron chi connectivity index (χ0n) is 18.0. The maximum atomic E-state index is 11.5. The lowest BCUT2D eigenvalue weighted by molar-refractivity contribution is -0.133. The molecule has 0 unspecified atom stereocenters. The molecule has 2 heterocycles. The molecule has 1 aromatic rings. The lowest BCUT2D eigenvalue weighted by Gasteiger charge is -2.29. The monoisotopic (exact) mass is 396 g/mol. The molecular formula is C25H32O4. The van der Waals surface area contributed by atoms with Crippen molar-refractivity contribution >= 4 is 5.97 Å². The van der Waals surface area contributed by atoms with E-state index >= 15 is 0 Å². The molecule has 0 bridgehead atoms. The topological polar surface area (TPSA) is 59.7 Å². The Balaban J connectivity index is 1.49. The van der Waals surface area contributed by atoms with Crippen LogP contribution in [0.1, 0.15) is 71.1 Å². The number of cyclic esters (lactones) is 1. The number of aliphatic hydroxyl groups is 1. The number of aryl methyl sites for hydroxylation is 1. The quantitative estimate of drug-likeness (QED) is 0.425. The first kappa shape index (κ1) is 21.2. The fourth-order valence-electron chi connectivity index (χ4n) is 4.12. The summed E-state index contributed by atoms with van der Waals surface area (Å²) in [6.45, 7) is 8.06. The Morgan fingerprint density at radius 3 is 2.93 bits per heavy atom. The van der Waals surface area contributed by atoms with E-state index in [1.54, 1.807) is 6.92 Å². The van der Waals surface area contributed by atoms with Crippen molar-refractivity contribution in [1.82, 2.24) is 0 Å². The summed E-state index contributed by atoms with van der Waals surface area (Å²) in [4.78, 5) is 11.5. The van der Waals surface area contributed by atoms with Crippen LogP contribution in [0.4, 0.5) is 0 Å². The molecule has 0 saturated carbocycles. The molecule has 2 atom stereocenters. The van der Waals surface area contributed by atoms with Crippen molar-refractivity contribution in [1.29, 1.82) is 0 Å². The molecule has 1 aromatic heterocycles. The van der Waals surface area contributed by atoms with Crippen LogP contribution in [0.5, 0.6) is 0 Å². The highest BCUT2D eigenvalue weighted by Gasteiger charge is 2.32. The predicted octanol–water partition coefficient (Wildman–Crippen LogP) is 6.46. The van der Waals surface area contributed by atoms with Gasteiger partial charge in [0.1, 0.15) is 5.76 Å². The summed E-state index contributed by atoms with van der Waals surface area (Å²) in [5, 5.41) is 9.91. The van der Waals surface area contributed by atoms with Gasteiger partial charge in [0.05, 0.1) is 11.8 Å². The number of carbonyl (C=O) groups is 1. The molecule has 1 aliphatic carbocycles. The largest absolute Gasteiger partial charge is 0.504 e. The zero-order chi connectivity index (χ0) is 21.0. The average Bonchev–Trinajstić information content (AvgIpc) is 3.24. The molecule has 1 N–H and O–H groups in total. The van der Waals surface area contributed by atoms with Crippen LogP contribution < -0.4 is 0 Å². The highest BCUT2D eigenvalue weighted by Crippen LogP contribution is 2.39. The third-order valence-corrected chi connectivity index (χ3v) is 6.02. The summed E-state index contributed by atoms with van der Waals surface area (Å²) in [5.41, 5.74) is 2.95. The molecule has 0 aromatic carbocycles. The van der Waals surface area contributed by atoms with E-state index in [0.29, 0.717) is 5.76 Å². The number of fused-ring (bicyclic) bond motifs is 1. The second-order valence-corrected chi connectivity index (χ2v) is 8.68. The Hall–Kier alpha value is -2.49. The van der Waals surface area contributed by atoms with Crippen molar-refractivity contribution in [2.24, 2.45) is 5.92 Å². The van der Waals surface area contributed by atoms with Gasteiger partial charge in [-0.1, -0.05) is 30.7 Å². The number of hydrogen-bond donors (Lipinski definition) is 1. The molecule has 29 heavy (non-hydrogen) atoms. The van der Waals surface area contributed by atoms with Crippen LogP contribution in [0.15, 0.2) is 63.7 Å². The van der Waals surface area contributed by atoms with Crippen molar-refractivity contribution in [3.05, 3.63) is 70.6 Å². The molecule has 0 radical (unpaired) electrons. The van der Waals surface area contributed by atoms with Crippen LogP contribution in [0, 0.1) is 5.92 Å². The predicted molar refractivity (Wildman–Crippen MR) is 114 cm³/mol. The van der Waals surface area contributed by atoms with Gasteiger partial charge in [-0.05, 0) is 82.9 Å². The van der Waals surface area contributed by atoms with Crippen molar-refractivity contribution in [3.8, 4) is 0 Å². The van der Waals surface area contributed by atoms with Gasteiger partial charge in [-0.15, -0.1) is 0 Å². The van der Waals surface area contributed by atoms with Crippen LogP contribution in [-0.4, -0.2) is 11.1 Å².